The van der Waals surface area contributed by atoms with Gasteiger partial charge in [-0.05, 0) is 48.9 Å². The summed E-state index contributed by atoms with van der Waals surface area (Å²) in [6.45, 7) is 2.09. The maximum atomic E-state index is 13.5. The van der Waals surface area contributed by atoms with Gasteiger partial charge in [-0.3, -0.25) is 9.36 Å². The van der Waals surface area contributed by atoms with Crippen LogP contribution in [0.3, 0.4) is 0 Å². The minimum atomic E-state index is -0.476. The monoisotopic (exact) mass is 464 g/mol. The van der Waals surface area contributed by atoms with Gasteiger partial charge >= 0.3 is 0 Å². The first kappa shape index (κ1) is 22.7. The van der Waals surface area contributed by atoms with Crippen molar-refractivity contribution in [1.29, 1.82) is 0 Å². The van der Waals surface area contributed by atoms with E-state index in [1.54, 1.807) is 43.1 Å². The van der Waals surface area contributed by atoms with Crippen LogP contribution in [-0.2, 0) is 11.3 Å². The summed E-state index contributed by atoms with van der Waals surface area (Å²) in [5.74, 6) is -0.210. The van der Waals surface area contributed by atoms with E-state index in [0.29, 0.717) is 28.8 Å². The number of benzene rings is 3. The molecule has 0 N–H and O–H groups in total. The maximum Gasteiger partial charge on any atom is 0.235 e. The Labute approximate surface area is 195 Å². The van der Waals surface area contributed by atoms with Crippen LogP contribution in [0.1, 0.15) is 12.5 Å². The number of carbonyl (C=O) groups excluding carboxylic acids is 1. The average molecular weight is 465 g/mol. The molecule has 0 fully saturated rings. The van der Waals surface area contributed by atoms with Crippen LogP contribution in [0.2, 0.25) is 0 Å². The van der Waals surface area contributed by atoms with Crippen LogP contribution in [-0.4, -0.2) is 37.9 Å². The van der Waals surface area contributed by atoms with Gasteiger partial charge in [-0.15, -0.1) is 10.2 Å². The summed E-state index contributed by atoms with van der Waals surface area (Å²) in [5, 5.41) is 8.72. The van der Waals surface area contributed by atoms with E-state index < -0.39 is 5.25 Å². The van der Waals surface area contributed by atoms with Crippen LogP contribution in [0, 0.1) is 11.6 Å². The van der Waals surface area contributed by atoms with Crippen molar-refractivity contribution >= 4 is 17.7 Å². The van der Waals surface area contributed by atoms with Crippen LogP contribution in [0.15, 0.2) is 84.0 Å². The van der Waals surface area contributed by atoms with E-state index in [9.17, 15) is 13.6 Å². The highest BCUT2D eigenvalue weighted by Gasteiger charge is 2.24. The van der Waals surface area contributed by atoms with Crippen LogP contribution in [0.5, 0.6) is 0 Å². The summed E-state index contributed by atoms with van der Waals surface area (Å²) >= 11 is 1.27. The average Bonchev–Trinajstić information content (AvgIpc) is 3.23. The first-order valence-corrected chi connectivity index (χ1v) is 11.2. The Kier molecular flexibility index (Phi) is 6.84. The zero-order chi connectivity index (χ0) is 23.4. The van der Waals surface area contributed by atoms with Crippen molar-refractivity contribution in [3.8, 4) is 17.1 Å². The molecule has 0 saturated heterocycles. The SMILES string of the molecule is CC(Sc1nnc(-c2ccccc2)n1-c1ccc(F)cc1)C(=O)N(C)Cc1cccc(F)c1. The van der Waals surface area contributed by atoms with Gasteiger partial charge in [0.05, 0.1) is 5.25 Å². The van der Waals surface area contributed by atoms with E-state index in [0.717, 1.165) is 5.56 Å². The number of hydrogen-bond donors (Lipinski definition) is 0. The third-order valence-corrected chi connectivity index (χ3v) is 6.10. The molecule has 168 valence electrons. The third kappa shape index (κ3) is 5.28. The Morgan fingerprint density at radius 3 is 2.39 bits per heavy atom. The maximum absolute atomic E-state index is 13.5. The first-order chi connectivity index (χ1) is 15.9. The van der Waals surface area contributed by atoms with Crippen molar-refractivity contribution in [2.24, 2.45) is 0 Å². The third-order valence-electron chi connectivity index (χ3n) is 5.07. The van der Waals surface area contributed by atoms with Crippen molar-refractivity contribution in [3.05, 3.63) is 96.1 Å². The Morgan fingerprint density at radius 1 is 0.970 bits per heavy atom. The molecule has 1 aromatic heterocycles. The molecule has 4 rings (SSSR count). The van der Waals surface area contributed by atoms with Gasteiger partial charge in [0.1, 0.15) is 11.6 Å². The number of hydrogen-bond acceptors (Lipinski definition) is 4. The van der Waals surface area contributed by atoms with Crippen LogP contribution in [0.25, 0.3) is 17.1 Å². The molecule has 4 aromatic rings. The summed E-state index contributed by atoms with van der Waals surface area (Å²) < 4.78 is 28.8. The molecule has 8 heteroatoms. The fourth-order valence-electron chi connectivity index (χ4n) is 3.45. The second kappa shape index (κ2) is 9.95. The van der Waals surface area contributed by atoms with Crippen LogP contribution >= 0.6 is 11.8 Å². The largest absolute Gasteiger partial charge is 0.340 e. The second-order valence-corrected chi connectivity index (χ2v) is 8.88. The molecular formula is C25H22F2N4OS. The molecule has 0 bridgehead atoms. The molecule has 0 spiro atoms. The molecule has 33 heavy (non-hydrogen) atoms. The second-order valence-electron chi connectivity index (χ2n) is 7.57. The van der Waals surface area contributed by atoms with Crippen molar-refractivity contribution in [2.45, 2.75) is 23.9 Å². The highest BCUT2D eigenvalue weighted by Crippen LogP contribution is 2.30. The van der Waals surface area contributed by atoms with E-state index in [1.165, 1.54) is 36.0 Å². The van der Waals surface area contributed by atoms with Gasteiger partial charge in [-0.2, -0.15) is 0 Å². The minimum Gasteiger partial charge on any atom is -0.340 e. The van der Waals surface area contributed by atoms with Gasteiger partial charge in [0.15, 0.2) is 11.0 Å². The number of aromatic nitrogens is 3. The van der Waals surface area contributed by atoms with Gasteiger partial charge in [0.2, 0.25) is 5.91 Å². The summed E-state index contributed by atoms with van der Waals surface area (Å²) in [4.78, 5) is 14.6. The molecule has 0 aliphatic heterocycles. The Balaban J connectivity index is 1.60. The number of thioether (sulfide) groups is 1. The Morgan fingerprint density at radius 2 is 1.70 bits per heavy atom. The first-order valence-electron chi connectivity index (χ1n) is 10.3. The van der Waals surface area contributed by atoms with Gasteiger partial charge in [0, 0.05) is 24.8 Å². The summed E-state index contributed by atoms with van der Waals surface area (Å²) in [7, 11) is 1.68. The van der Waals surface area contributed by atoms with E-state index in [1.807, 2.05) is 34.9 Å². The minimum absolute atomic E-state index is 0.126. The van der Waals surface area contributed by atoms with Gasteiger partial charge in [-0.25, -0.2) is 8.78 Å². The molecule has 0 aliphatic carbocycles. The summed E-state index contributed by atoms with van der Waals surface area (Å²) in [5.41, 5.74) is 2.25. The molecule has 1 unspecified atom stereocenters. The number of nitrogens with zero attached hydrogens (tertiary/aromatic N) is 4. The molecule has 0 radical (unpaired) electrons. The lowest BCUT2D eigenvalue weighted by Gasteiger charge is -2.21. The lowest BCUT2D eigenvalue weighted by atomic mass is 10.2. The Bertz CT molecular complexity index is 1250. The number of halogens is 2. The molecule has 0 aliphatic rings. The summed E-state index contributed by atoms with van der Waals surface area (Å²) in [6.07, 6.45) is 0. The molecule has 0 saturated carbocycles. The van der Waals surface area contributed by atoms with E-state index in [4.69, 9.17) is 0 Å². The van der Waals surface area contributed by atoms with Gasteiger partial charge in [-0.1, -0.05) is 54.2 Å². The van der Waals surface area contributed by atoms with Crippen LogP contribution in [0.4, 0.5) is 8.78 Å². The topological polar surface area (TPSA) is 51.0 Å². The molecule has 5 nitrogen and oxygen atoms in total. The smallest absolute Gasteiger partial charge is 0.235 e. The fraction of sp³-hybridized carbons (Fsp3) is 0.160. The zero-order valence-electron chi connectivity index (χ0n) is 18.2. The lowest BCUT2D eigenvalue weighted by Crippen LogP contribution is -2.33. The van der Waals surface area contributed by atoms with E-state index in [2.05, 4.69) is 10.2 Å². The summed E-state index contributed by atoms with van der Waals surface area (Å²) in [6, 6.07) is 21.8. The lowest BCUT2D eigenvalue weighted by molar-refractivity contribution is -0.129. The quantitative estimate of drug-likeness (QED) is 0.346. The predicted octanol–water partition coefficient (Wildman–Crippen LogP) is 5.35. The fourth-order valence-corrected chi connectivity index (χ4v) is 4.43. The van der Waals surface area contributed by atoms with Gasteiger partial charge < -0.3 is 4.90 Å². The number of rotatable bonds is 7. The Hall–Kier alpha value is -3.52. The van der Waals surface area contributed by atoms with Crippen molar-refractivity contribution in [2.75, 3.05) is 7.05 Å². The predicted molar refractivity (Wildman–Crippen MR) is 125 cm³/mol. The number of amides is 1. The highest BCUT2D eigenvalue weighted by atomic mass is 32.2. The zero-order valence-corrected chi connectivity index (χ0v) is 19.0. The molecule has 1 heterocycles. The number of carbonyl (C=O) groups is 1. The van der Waals surface area contributed by atoms with Crippen molar-refractivity contribution < 1.29 is 13.6 Å². The molecular weight excluding hydrogens is 442 g/mol. The van der Waals surface area contributed by atoms with Crippen LogP contribution < -0.4 is 0 Å². The highest BCUT2D eigenvalue weighted by molar-refractivity contribution is 8.00. The normalized spacial score (nSPS) is 11.9. The molecule has 1 atom stereocenters. The molecule has 1 amide bonds. The standard InChI is InChI=1S/C25H22F2N4OS/c1-17(24(32)30(2)16-18-7-6-10-21(27)15-18)33-25-29-28-23(19-8-4-3-5-9-19)31(25)22-13-11-20(26)12-14-22/h3-15,17H,16H2,1-2H3. The van der Waals surface area contributed by atoms with E-state index >= 15 is 0 Å². The van der Waals surface area contributed by atoms with Crippen molar-refractivity contribution in [3.63, 3.8) is 0 Å². The molecule has 3 aromatic carbocycles. The van der Waals surface area contributed by atoms with E-state index in [-0.39, 0.29) is 17.5 Å². The van der Waals surface area contributed by atoms with Gasteiger partial charge in [0.25, 0.3) is 0 Å². The van der Waals surface area contributed by atoms with Crippen molar-refractivity contribution in [1.82, 2.24) is 19.7 Å².